The molecule has 152 valence electrons. The summed E-state index contributed by atoms with van der Waals surface area (Å²) in [6.07, 6.45) is 5.10. The number of carbonyl (C=O) groups is 3. The third-order valence-corrected chi connectivity index (χ3v) is 6.80. The van der Waals surface area contributed by atoms with E-state index in [1.54, 1.807) is 4.90 Å². The van der Waals surface area contributed by atoms with Crippen LogP contribution in [0.25, 0.3) is 0 Å². The number of imide groups is 1. The highest BCUT2D eigenvalue weighted by molar-refractivity contribution is 7.14. The van der Waals surface area contributed by atoms with Gasteiger partial charge < -0.3 is 0 Å². The van der Waals surface area contributed by atoms with E-state index in [9.17, 15) is 14.4 Å². The number of aromatic nitrogens is 1. The Balaban J connectivity index is 1.55. The standard InChI is InChI=1S/C22H25N3O3S/c1-15-7-6-8-18(11-15)25(16(2)26)21-23-17(14-29-21)13-24-19(27)12-22(20(24)28)9-4-3-5-10-22/h6-8,11,14H,3-5,9-10,12-13H2,1-2H3. The number of likely N-dealkylation sites (tertiary alicyclic amines) is 1. The van der Waals surface area contributed by atoms with Crippen LogP contribution < -0.4 is 4.90 Å². The Morgan fingerprint density at radius 3 is 2.69 bits per heavy atom. The lowest BCUT2D eigenvalue weighted by atomic mass is 9.73. The summed E-state index contributed by atoms with van der Waals surface area (Å²) in [6, 6.07) is 7.68. The number of thiazole rings is 1. The van der Waals surface area contributed by atoms with Crippen LogP contribution in [0.5, 0.6) is 0 Å². The van der Waals surface area contributed by atoms with Gasteiger partial charge in [-0.15, -0.1) is 11.3 Å². The van der Waals surface area contributed by atoms with Crippen LogP contribution in [-0.2, 0) is 20.9 Å². The van der Waals surface area contributed by atoms with Crippen molar-refractivity contribution in [2.24, 2.45) is 5.41 Å². The molecule has 2 fully saturated rings. The molecule has 0 atom stereocenters. The molecule has 7 heteroatoms. The second-order valence-electron chi connectivity index (χ2n) is 8.12. The molecule has 4 rings (SSSR count). The van der Waals surface area contributed by atoms with E-state index in [2.05, 4.69) is 4.98 Å². The largest absolute Gasteiger partial charge is 0.276 e. The van der Waals surface area contributed by atoms with Crippen molar-refractivity contribution in [3.8, 4) is 0 Å². The molecule has 3 amide bonds. The lowest BCUT2D eigenvalue weighted by Gasteiger charge is -2.30. The van der Waals surface area contributed by atoms with Crippen molar-refractivity contribution in [2.75, 3.05) is 4.90 Å². The average molecular weight is 412 g/mol. The van der Waals surface area contributed by atoms with Gasteiger partial charge >= 0.3 is 0 Å². The third-order valence-electron chi connectivity index (χ3n) is 5.93. The van der Waals surface area contributed by atoms with E-state index < -0.39 is 5.41 Å². The Morgan fingerprint density at radius 1 is 1.24 bits per heavy atom. The van der Waals surface area contributed by atoms with Gasteiger partial charge in [0.2, 0.25) is 17.7 Å². The number of nitrogens with zero attached hydrogens (tertiary/aromatic N) is 3. The minimum atomic E-state index is -0.485. The Labute approximate surface area is 174 Å². The minimum Gasteiger partial charge on any atom is -0.276 e. The molecule has 1 saturated carbocycles. The highest BCUT2D eigenvalue weighted by atomic mass is 32.1. The predicted molar refractivity (Wildman–Crippen MR) is 112 cm³/mol. The van der Waals surface area contributed by atoms with E-state index >= 15 is 0 Å². The SMILES string of the molecule is CC(=O)N(c1cccc(C)c1)c1nc(CN2C(=O)CC3(CCCCC3)C2=O)cs1. The quantitative estimate of drug-likeness (QED) is 0.702. The van der Waals surface area contributed by atoms with Gasteiger partial charge in [0.25, 0.3) is 0 Å². The normalized spacial score (nSPS) is 18.5. The molecule has 0 unspecified atom stereocenters. The monoisotopic (exact) mass is 411 g/mol. The summed E-state index contributed by atoms with van der Waals surface area (Å²) in [5.74, 6) is -0.279. The number of anilines is 2. The van der Waals surface area contributed by atoms with Crippen LogP contribution >= 0.6 is 11.3 Å². The smallest absolute Gasteiger partial charge is 0.236 e. The molecule has 29 heavy (non-hydrogen) atoms. The van der Waals surface area contributed by atoms with Crippen LogP contribution in [0, 0.1) is 12.3 Å². The van der Waals surface area contributed by atoms with E-state index in [1.165, 1.54) is 23.2 Å². The van der Waals surface area contributed by atoms with Gasteiger partial charge in [0.15, 0.2) is 5.13 Å². The molecule has 2 aliphatic rings. The summed E-state index contributed by atoms with van der Waals surface area (Å²) in [7, 11) is 0. The van der Waals surface area contributed by atoms with Crippen molar-refractivity contribution in [1.82, 2.24) is 9.88 Å². The molecule has 1 aromatic heterocycles. The van der Waals surface area contributed by atoms with Gasteiger partial charge in [0.1, 0.15) is 0 Å². The van der Waals surface area contributed by atoms with Gasteiger partial charge in [-0.3, -0.25) is 24.2 Å². The van der Waals surface area contributed by atoms with Crippen molar-refractivity contribution >= 4 is 39.9 Å². The molecular formula is C22H25N3O3S. The van der Waals surface area contributed by atoms with Crippen LogP contribution in [0.3, 0.4) is 0 Å². The maximum atomic E-state index is 13.0. The topological polar surface area (TPSA) is 70.6 Å². The molecule has 1 aliphatic carbocycles. The number of hydrogen-bond donors (Lipinski definition) is 0. The summed E-state index contributed by atoms with van der Waals surface area (Å²) in [5.41, 5.74) is 1.96. The van der Waals surface area contributed by atoms with Gasteiger partial charge in [-0.2, -0.15) is 0 Å². The van der Waals surface area contributed by atoms with Gasteiger partial charge in [-0.05, 0) is 37.5 Å². The molecule has 0 N–H and O–H groups in total. The van der Waals surface area contributed by atoms with E-state index in [-0.39, 0.29) is 24.3 Å². The Kier molecular flexibility index (Phi) is 5.25. The summed E-state index contributed by atoms with van der Waals surface area (Å²) in [4.78, 5) is 45.4. The number of benzene rings is 1. The second kappa shape index (κ2) is 7.71. The summed E-state index contributed by atoms with van der Waals surface area (Å²) in [6.45, 7) is 3.65. The van der Waals surface area contributed by atoms with Gasteiger partial charge in [0.05, 0.1) is 23.3 Å². The number of hydrogen-bond acceptors (Lipinski definition) is 5. The first kappa shape index (κ1) is 19.8. The van der Waals surface area contributed by atoms with Crippen LogP contribution in [-0.4, -0.2) is 27.6 Å². The summed E-state index contributed by atoms with van der Waals surface area (Å²) < 4.78 is 0. The molecule has 1 aromatic carbocycles. The van der Waals surface area contributed by atoms with Crippen molar-refractivity contribution in [1.29, 1.82) is 0 Å². The maximum absolute atomic E-state index is 13.0. The number of carbonyl (C=O) groups excluding carboxylic acids is 3. The predicted octanol–water partition coefficient (Wildman–Crippen LogP) is 4.35. The summed E-state index contributed by atoms with van der Waals surface area (Å²) in [5, 5.41) is 2.37. The first-order valence-corrected chi connectivity index (χ1v) is 10.9. The molecule has 1 spiro atoms. The van der Waals surface area contributed by atoms with E-state index in [0.717, 1.165) is 43.4 Å². The number of rotatable bonds is 4. The third kappa shape index (κ3) is 3.71. The van der Waals surface area contributed by atoms with Crippen molar-refractivity contribution in [3.05, 3.63) is 40.9 Å². The lowest BCUT2D eigenvalue weighted by molar-refractivity contribution is -0.143. The molecule has 1 aliphatic heterocycles. The van der Waals surface area contributed by atoms with E-state index in [0.29, 0.717) is 17.2 Å². The van der Waals surface area contributed by atoms with Crippen LogP contribution in [0.1, 0.15) is 56.7 Å². The molecule has 0 bridgehead atoms. The Morgan fingerprint density at radius 2 is 2.00 bits per heavy atom. The molecule has 1 saturated heterocycles. The van der Waals surface area contributed by atoms with Crippen LogP contribution in [0.15, 0.2) is 29.6 Å². The second-order valence-corrected chi connectivity index (χ2v) is 8.95. The molecule has 6 nitrogen and oxygen atoms in total. The van der Waals surface area contributed by atoms with Crippen LogP contribution in [0.4, 0.5) is 10.8 Å². The van der Waals surface area contributed by atoms with Gasteiger partial charge in [-0.25, -0.2) is 4.98 Å². The number of amides is 3. The van der Waals surface area contributed by atoms with Gasteiger partial charge in [0, 0.05) is 18.7 Å². The van der Waals surface area contributed by atoms with E-state index in [1.807, 2.05) is 36.6 Å². The minimum absolute atomic E-state index is 0.0427. The van der Waals surface area contributed by atoms with Crippen molar-refractivity contribution in [3.63, 3.8) is 0 Å². The zero-order valence-corrected chi connectivity index (χ0v) is 17.6. The first-order chi connectivity index (χ1) is 13.9. The van der Waals surface area contributed by atoms with Crippen LogP contribution in [0.2, 0.25) is 0 Å². The fraction of sp³-hybridized carbons (Fsp3) is 0.455. The number of aryl methyl sites for hydroxylation is 1. The Hall–Kier alpha value is -2.54. The zero-order valence-electron chi connectivity index (χ0n) is 16.8. The maximum Gasteiger partial charge on any atom is 0.236 e. The fourth-order valence-electron chi connectivity index (χ4n) is 4.47. The molecule has 0 radical (unpaired) electrons. The highest BCUT2D eigenvalue weighted by Crippen LogP contribution is 2.45. The first-order valence-electron chi connectivity index (χ1n) is 10.1. The van der Waals surface area contributed by atoms with E-state index in [4.69, 9.17) is 0 Å². The molecule has 2 aromatic rings. The average Bonchev–Trinajstić information content (AvgIpc) is 3.21. The highest BCUT2D eigenvalue weighted by Gasteiger charge is 2.51. The zero-order chi connectivity index (χ0) is 20.6. The molecular weight excluding hydrogens is 386 g/mol. The van der Waals surface area contributed by atoms with Gasteiger partial charge in [-0.1, -0.05) is 31.4 Å². The lowest BCUT2D eigenvalue weighted by Crippen LogP contribution is -2.36. The van der Waals surface area contributed by atoms with Crippen molar-refractivity contribution < 1.29 is 14.4 Å². The molecule has 2 heterocycles. The van der Waals surface area contributed by atoms with Crippen molar-refractivity contribution in [2.45, 2.75) is 58.9 Å². The Bertz CT molecular complexity index is 962. The summed E-state index contributed by atoms with van der Waals surface area (Å²) >= 11 is 1.34. The fourth-order valence-corrected chi connectivity index (χ4v) is 5.34.